The molecule has 1 amide bonds. The maximum atomic E-state index is 13.5. The molecular formula is C22H23FN4O3. The normalized spacial score (nSPS) is 14.7. The molecule has 8 heteroatoms. The fourth-order valence-corrected chi connectivity index (χ4v) is 3.63. The van der Waals surface area contributed by atoms with Crippen molar-refractivity contribution < 1.29 is 13.6 Å². The van der Waals surface area contributed by atoms with E-state index in [0.717, 1.165) is 11.5 Å². The van der Waals surface area contributed by atoms with Crippen LogP contribution in [0.4, 0.5) is 10.2 Å². The van der Waals surface area contributed by atoms with Crippen LogP contribution in [0.5, 0.6) is 0 Å². The minimum Gasteiger partial charge on any atom is -0.465 e. The van der Waals surface area contributed by atoms with Crippen LogP contribution in [0.2, 0.25) is 0 Å². The van der Waals surface area contributed by atoms with Gasteiger partial charge in [0, 0.05) is 25.1 Å². The molecule has 30 heavy (non-hydrogen) atoms. The number of benzene rings is 1. The van der Waals surface area contributed by atoms with Crippen molar-refractivity contribution >= 4 is 11.7 Å². The van der Waals surface area contributed by atoms with Gasteiger partial charge in [0.15, 0.2) is 0 Å². The Bertz CT molecular complexity index is 1100. The Balaban J connectivity index is 1.38. The molecule has 1 aliphatic rings. The smallest absolute Gasteiger partial charge is 0.271 e. The summed E-state index contributed by atoms with van der Waals surface area (Å²) in [4.78, 5) is 26.7. The lowest BCUT2D eigenvalue weighted by Gasteiger charge is -2.32. The molecule has 1 aliphatic heterocycles. The quantitative estimate of drug-likeness (QED) is 0.700. The minimum absolute atomic E-state index is 0.0152. The van der Waals surface area contributed by atoms with Crippen molar-refractivity contribution in [3.8, 4) is 5.69 Å². The number of rotatable bonds is 5. The topological polar surface area (TPSA) is 80.4 Å². The molecule has 1 N–H and O–H groups in total. The molecule has 0 bridgehead atoms. The Morgan fingerprint density at radius 2 is 2.00 bits per heavy atom. The molecule has 3 heterocycles. The predicted octanol–water partition coefficient (Wildman–Crippen LogP) is 2.81. The van der Waals surface area contributed by atoms with Gasteiger partial charge in [-0.25, -0.2) is 4.39 Å². The lowest BCUT2D eigenvalue weighted by molar-refractivity contribution is -0.125. The molecular weight excluding hydrogens is 387 g/mol. The number of nitrogens with one attached hydrogen (secondary N) is 1. The van der Waals surface area contributed by atoms with Crippen molar-refractivity contribution in [2.75, 3.05) is 18.0 Å². The number of amides is 1. The molecule has 0 atom stereocenters. The Kier molecular flexibility index (Phi) is 5.65. The van der Waals surface area contributed by atoms with Crippen LogP contribution in [0.3, 0.4) is 0 Å². The van der Waals surface area contributed by atoms with Crippen LogP contribution in [0.15, 0.2) is 57.7 Å². The molecule has 7 nitrogen and oxygen atoms in total. The fraction of sp³-hybridized carbons (Fsp3) is 0.318. The number of aromatic nitrogens is 2. The van der Waals surface area contributed by atoms with Crippen LogP contribution in [0, 0.1) is 18.7 Å². The molecule has 2 aromatic heterocycles. The molecule has 0 aliphatic carbocycles. The zero-order valence-electron chi connectivity index (χ0n) is 16.7. The number of aryl methyl sites for hydroxylation is 1. The van der Waals surface area contributed by atoms with Crippen LogP contribution >= 0.6 is 0 Å². The summed E-state index contributed by atoms with van der Waals surface area (Å²) in [6, 6.07) is 12.6. The van der Waals surface area contributed by atoms with Gasteiger partial charge < -0.3 is 14.6 Å². The molecule has 156 valence electrons. The molecule has 4 rings (SSSR count). The highest BCUT2D eigenvalue weighted by Gasteiger charge is 2.26. The third-order valence-corrected chi connectivity index (χ3v) is 5.26. The van der Waals surface area contributed by atoms with E-state index in [9.17, 15) is 14.0 Å². The molecule has 1 saturated heterocycles. The van der Waals surface area contributed by atoms with E-state index in [4.69, 9.17) is 4.42 Å². The monoisotopic (exact) mass is 410 g/mol. The van der Waals surface area contributed by atoms with E-state index in [1.807, 2.05) is 24.0 Å². The molecule has 0 unspecified atom stereocenters. The van der Waals surface area contributed by atoms with Gasteiger partial charge in [-0.1, -0.05) is 6.07 Å². The van der Waals surface area contributed by atoms with E-state index < -0.39 is 5.82 Å². The van der Waals surface area contributed by atoms with Crippen LogP contribution in [-0.4, -0.2) is 28.8 Å². The van der Waals surface area contributed by atoms with E-state index >= 15 is 0 Å². The number of hydrogen-bond donors (Lipinski definition) is 1. The van der Waals surface area contributed by atoms with Gasteiger partial charge in [0.25, 0.3) is 5.56 Å². The molecule has 0 saturated carbocycles. The molecule has 0 spiro atoms. The zero-order chi connectivity index (χ0) is 21.1. The average Bonchev–Trinajstić information content (AvgIpc) is 3.17. The molecule has 1 fully saturated rings. The van der Waals surface area contributed by atoms with Gasteiger partial charge in [0.2, 0.25) is 5.91 Å². The van der Waals surface area contributed by atoms with E-state index in [1.54, 1.807) is 18.2 Å². The Morgan fingerprint density at radius 3 is 2.70 bits per heavy atom. The van der Waals surface area contributed by atoms with Gasteiger partial charge in [-0.15, -0.1) is 5.10 Å². The van der Waals surface area contributed by atoms with Crippen molar-refractivity contribution in [2.24, 2.45) is 5.92 Å². The second-order valence-electron chi connectivity index (χ2n) is 7.41. The van der Waals surface area contributed by atoms with Crippen molar-refractivity contribution in [1.29, 1.82) is 0 Å². The largest absolute Gasteiger partial charge is 0.465 e. The number of furan rings is 1. The molecule has 3 aromatic rings. The summed E-state index contributed by atoms with van der Waals surface area (Å²) in [5.41, 5.74) is 0.0519. The summed E-state index contributed by atoms with van der Waals surface area (Å²) in [5.74, 6) is 1.70. The maximum absolute atomic E-state index is 13.5. The number of piperidine rings is 1. The third-order valence-electron chi connectivity index (χ3n) is 5.26. The van der Waals surface area contributed by atoms with E-state index in [-0.39, 0.29) is 17.4 Å². The maximum Gasteiger partial charge on any atom is 0.271 e. The first-order valence-corrected chi connectivity index (χ1v) is 9.94. The van der Waals surface area contributed by atoms with Crippen LogP contribution < -0.4 is 15.8 Å². The van der Waals surface area contributed by atoms with E-state index in [2.05, 4.69) is 10.4 Å². The number of anilines is 1. The fourth-order valence-electron chi connectivity index (χ4n) is 3.63. The highest BCUT2D eigenvalue weighted by molar-refractivity contribution is 5.78. The molecule has 1 aromatic carbocycles. The Morgan fingerprint density at radius 1 is 1.20 bits per heavy atom. The van der Waals surface area contributed by atoms with Gasteiger partial charge in [0.1, 0.15) is 23.2 Å². The Hall–Kier alpha value is -3.42. The van der Waals surface area contributed by atoms with Gasteiger partial charge in [-0.3, -0.25) is 9.59 Å². The van der Waals surface area contributed by atoms with Crippen molar-refractivity contribution in [3.05, 3.63) is 76.2 Å². The minimum atomic E-state index is -0.428. The third kappa shape index (κ3) is 4.42. The average molecular weight is 410 g/mol. The number of carbonyl (C=O) groups excluding carboxylic acids is 1. The second kappa shape index (κ2) is 8.52. The summed E-state index contributed by atoms with van der Waals surface area (Å²) in [7, 11) is 0. The number of halogens is 1. The van der Waals surface area contributed by atoms with Crippen molar-refractivity contribution in [1.82, 2.24) is 15.1 Å². The Labute approximate surface area is 173 Å². The van der Waals surface area contributed by atoms with Crippen molar-refractivity contribution in [2.45, 2.75) is 26.3 Å². The van der Waals surface area contributed by atoms with Crippen LogP contribution in [0.1, 0.15) is 24.4 Å². The van der Waals surface area contributed by atoms with Crippen molar-refractivity contribution in [3.63, 3.8) is 0 Å². The molecule has 0 radical (unpaired) electrons. The van der Waals surface area contributed by atoms with E-state index in [1.165, 1.54) is 22.9 Å². The standard InChI is InChI=1S/C22H23FN4O3/c1-15-5-6-19(30-15)14-24-22(29)16-9-11-26(12-10-16)20-7-8-21(28)27(25-20)18-4-2-3-17(23)13-18/h2-8,13,16H,9-12,14H2,1H3,(H,24,29). The first-order valence-electron chi connectivity index (χ1n) is 9.94. The van der Waals surface area contributed by atoms with E-state index in [0.29, 0.717) is 44.0 Å². The van der Waals surface area contributed by atoms with Gasteiger partial charge in [-0.05, 0) is 56.2 Å². The van der Waals surface area contributed by atoms with Gasteiger partial charge in [0.05, 0.1) is 12.2 Å². The summed E-state index contributed by atoms with van der Waals surface area (Å²) in [5, 5.41) is 7.34. The zero-order valence-corrected chi connectivity index (χ0v) is 16.7. The lowest BCUT2D eigenvalue weighted by atomic mass is 9.96. The number of carbonyl (C=O) groups is 1. The summed E-state index contributed by atoms with van der Waals surface area (Å²) in [6.07, 6.45) is 1.37. The summed E-state index contributed by atoms with van der Waals surface area (Å²) >= 11 is 0. The predicted molar refractivity (Wildman–Crippen MR) is 110 cm³/mol. The van der Waals surface area contributed by atoms with Crippen LogP contribution in [0.25, 0.3) is 5.69 Å². The van der Waals surface area contributed by atoms with Crippen LogP contribution in [-0.2, 0) is 11.3 Å². The second-order valence-corrected chi connectivity index (χ2v) is 7.41. The lowest BCUT2D eigenvalue weighted by Crippen LogP contribution is -2.41. The summed E-state index contributed by atoms with van der Waals surface area (Å²) < 4.78 is 20.2. The number of nitrogens with zero attached hydrogens (tertiary/aromatic N) is 3. The summed E-state index contributed by atoms with van der Waals surface area (Å²) in [6.45, 7) is 3.54. The first kappa shape index (κ1) is 19.9. The van der Waals surface area contributed by atoms with Gasteiger partial charge >= 0.3 is 0 Å². The number of hydrogen-bond acceptors (Lipinski definition) is 5. The van der Waals surface area contributed by atoms with Gasteiger partial charge in [-0.2, -0.15) is 4.68 Å². The SMILES string of the molecule is Cc1ccc(CNC(=O)C2CCN(c3ccc(=O)n(-c4cccc(F)c4)n3)CC2)o1. The highest BCUT2D eigenvalue weighted by Crippen LogP contribution is 2.22. The first-order chi connectivity index (χ1) is 14.5. The highest BCUT2D eigenvalue weighted by atomic mass is 19.1.